The molecule has 0 aliphatic heterocycles. The minimum Gasteiger partial charge on any atom is -0.298 e. The number of thiocarbonyl (C=S) groups is 1. The summed E-state index contributed by atoms with van der Waals surface area (Å²) in [6, 6.07) is 5.67. The highest BCUT2D eigenvalue weighted by atomic mass is 32.2. The van der Waals surface area contributed by atoms with Crippen molar-refractivity contribution in [2.24, 2.45) is 0 Å². The van der Waals surface area contributed by atoms with E-state index in [0.717, 1.165) is 0 Å². The first-order valence-electron chi connectivity index (χ1n) is 5.85. The molecule has 21 heavy (non-hydrogen) atoms. The summed E-state index contributed by atoms with van der Waals surface area (Å²) in [6.07, 6.45) is 1.84. The lowest BCUT2D eigenvalue weighted by Gasteiger charge is -2.12. The molecular weight excluding hydrogens is 313 g/mol. The molecule has 0 unspecified atom stereocenters. The van der Waals surface area contributed by atoms with Crippen molar-refractivity contribution in [1.29, 1.82) is 0 Å². The maximum Gasteiger partial charge on any atom is 0.260 e. The van der Waals surface area contributed by atoms with Gasteiger partial charge in [-0.2, -0.15) is 0 Å². The smallest absolute Gasteiger partial charge is 0.260 e. The average molecular weight is 325 g/mol. The predicted octanol–water partition coefficient (Wildman–Crippen LogP) is 1.71. The molecule has 0 fully saturated rings. The number of carbonyl (C=O) groups excluding carboxylic acids is 1. The molecule has 1 amide bonds. The number of hydrogen-bond acceptors (Lipinski definition) is 5. The summed E-state index contributed by atoms with van der Waals surface area (Å²) in [7, 11) is 0. The summed E-state index contributed by atoms with van der Waals surface area (Å²) in [4.78, 5) is 11.9. The van der Waals surface area contributed by atoms with Crippen LogP contribution in [0.5, 0.6) is 0 Å². The van der Waals surface area contributed by atoms with Gasteiger partial charge >= 0.3 is 0 Å². The van der Waals surface area contributed by atoms with Crippen molar-refractivity contribution < 1.29 is 9.18 Å². The van der Waals surface area contributed by atoms with Gasteiger partial charge in [0.25, 0.3) is 5.91 Å². The van der Waals surface area contributed by atoms with Crippen LogP contribution in [0.3, 0.4) is 0 Å². The minimum atomic E-state index is -0.623. The molecule has 1 aromatic carbocycles. The number of halogens is 1. The second-order valence-electron chi connectivity index (χ2n) is 3.94. The van der Waals surface area contributed by atoms with Crippen molar-refractivity contribution in [1.82, 2.24) is 20.2 Å². The van der Waals surface area contributed by atoms with Gasteiger partial charge in [-0.25, -0.2) is 9.07 Å². The molecule has 0 saturated carbocycles. The van der Waals surface area contributed by atoms with E-state index in [1.807, 2.05) is 6.26 Å². The zero-order chi connectivity index (χ0) is 15.4. The molecule has 9 heteroatoms. The number of rotatable bonds is 3. The molecule has 0 bridgehead atoms. The van der Waals surface area contributed by atoms with Crippen LogP contribution in [0.25, 0.3) is 0 Å². The van der Waals surface area contributed by atoms with Crippen LogP contribution < -0.4 is 10.7 Å². The van der Waals surface area contributed by atoms with E-state index in [0.29, 0.717) is 11.0 Å². The van der Waals surface area contributed by atoms with Gasteiger partial charge in [-0.05, 0) is 37.5 Å². The zero-order valence-electron chi connectivity index (χ0n) is 11.3. The summed E-state index contributed by atoms with van der Waals surface area (Å²) < 4.78 is 15.0. The first kappa shape index (κ1) is 15.4. The largest absolute Gasteiger partial charge is 0.298 e. The number of benzene rings is 1. The van der Waals surface area contributed by atoms with Gasteiger partial charge in [0.2, 0.25) is 5.16 Å². The molecule has 110 valence electrons. The fraction of sp³-hybridized carbons (Fsp3) is 0.167. The molecule has 6 nitrogen and oxygen atoms in total. The van der Waals surface area contributed by atoms with E-state index in [-0.39, 0.29) is 10.7 Å². The van der Waals surface area contributed by atoms with Gasteiger partial charge in [-0.1, -0.05) is 23.9 Å². The van der Waals surface area contributed by atoms with Crippen molar-refractivity contribution in [3.05, 3.63) is 41.5 Å². The van der Waals surface area contributed by atoms with Crippen molar-refractivity contribution in [2.45, 2.75) is 12.1 Å². The monoisotopic (exact) mass is 325 g/mol. The van der Waals surface area contributed by atoms with Crippen molar-refractivity contribution >= 4 is 35.0 Å². The molecule has 0 saturated heterocycles. The normalized spacial score (nSPS) is 10.2. The molecule has 0 aliphatic carbocycles. The van der Waals surface area contributed by atoms with Gasteiger partial charge in [0.1, 0.15) is 11.6 Å². The number of thioether (sulfide) groups is 1. The lowest BCUT2D eigenvalue weighted by molar-refractivity contribution is 0.0973. The van der Waals surface area contributed by atoms with Crippen LogP contribution in [0, 0.1) is 12.7 Å². The Kier molecular flexibility index (Phi) is 4.86. The van der Waals surface area contributed by atoms with Gasteiger partial charge in [-0.3, -0.25) is 15.5 Å². The minimum absolute atomic E-state index is 0.0291. The van der Waals surface area contributed by atoms with Crippen molar-refractivity contribution in [3.8, 4) is 0 Å². The Labute approximate surface area is 130 Å². The van der Waals surface area contributed by atoms with E-state index in [2.05, 4.69) is 20.9 Å². The lowest BCUT2D eigenvalue weighted by atomic mass is 10.2. The number of nitrogens with zero attached hydrogens (tertiary/aromatic N) is 3. The first-order valence-corrected chi connectivity index (χ1v) is 7.49. The molecule has 1 aromatic heterocycles. The lowest BCUT2D eigenvalue weighted by Crippen LogP contribution is -2.38. The van der Waals surface area contributed by atoms with E-state index in [1.165, 1.54) is 34.6 Å². The predicted molar refractivity (Wildman–Crippen MR) is 82.4 cm³/mol. The Morgan fingerprint density at radius 3 is 2.76 bits per heavy atom. The van der Waals surface area contributed by atoms with Crippen molar-refractivity contribution in [2.75, 3.05) is 11.7 Å². The number of aromatic nitrogens is 3. The molecule has 0 radical (unpaired) electrons. The highest BCUT2D eigenvalue weighted by Gasteiger charge is 2.14. The number of amides is 1. The maximum atomic E-state index is 13.5. The highest BCUT2D eigenvalue weighted by molar-refractivity contribution is 7.98. The first-order chi connectivity index (χ1) is 10.0. The summed E-state index contributed by atoms with van der Waals surface area (Å²) in [5.74, 6) is -0.646. The van der Waals surface area contributed by atoms with Gasteiger partial charge in [0, 0.05) is 0 Å². The summed E-state index contributed by atoms with van der Waals surface area (Å²) >= 11 is 6.41. The molecule has 2 N–H and O–H groups in total. The third-order valence-corrected chi connectivity index (χ3v) is 3.36. The third-order valence-electron chi connectivity index (χ3n) is 2.54. The fourth-order valence-corrected chi connectivity index (χ4v) is 2.22. The van der Waals surface area contributed by atoms with E-state index >= 15 is 0 Å². The van der Waals surface area contributed by atoms with Gasteiger partial charge < -0.3 is 0 Å². The van der Waals surface area contributed by atoms with Crippen LogP contribution >= 0.6 is 24.0 Å². The maximum absolute atomic E-state index is 13.5. The Bertz CT molecular complexity index is 688. The van der Waals surface area contributed by atoms with Crippen LogP contribution in [-0.4, -0.2) is 32.1 Å². The average Bonchev–Trinajstić information content (AvgIpc) is 2.80. The topological polar surface area (TPSA) is 71.8 Å². The molecule has 0 aliphatic rings. The number of nitrogens with one attached hydrogen (secondary N) is 2. The van der Waals surface area contributed by atoms with E-state index in [1.54, 1.807) is 13.0 Å². The SMILES string of the molecule is CSc1nnc(C)n1NC(=S)NC(=O)c1ccccc1F. The second kappa shape index (κ2) is 6.64. The van der Waals surface area contributed by atoms with Crippen LogP contribution in [-0.2, 0) is 0 Å². The molecular formula is C12H12FN5OS2. The Hall–Kier alpha value is -2.00. The zero-order valence-corrected chi connectivity index (χ0v) is 12.9. The number of carbonyl (C=O) groups is 1. The summed E-state index contributed by atoms with van der Waals surface area (Å²) in [6.45, 7) is 1.74. The molecule has 0 spiro atoms. The molecule has 1 heterocycles. The van der Waals surface area contributed by atoms with Gasteiger partial charge in [0.05, 0.1) is 5.56 Å². The number of hydrogen-bond donors (Lipinski definition) is 2. The fourth-order valence-electron chi connectivity index (χ4n) is 1.55. The van der Waals surface area contributed by atoms with Crippen LogP contribution in [0.15, 0.2) is 29.4 Å². The molecule has 2 aromatic rings. The quantitative estimate of drug-likeness (QED) is 0.661. The highest BCUT2D eigenvalue weighted by Crippen LogP contribution is 2.11. The van der Waals surface area contributed by atoms with Crippen LogP contribution in [0.1, 0.15) is 16.2 Å². The van der Waals surface area contributed by atoms with E-state index < -0.39 is 11.7 Å². The Morgan fingerprint density at radius 1 is 1.38 bits per heavy atom. The van der Waals surface area contributed by atoms with Crippen molar-refractivity contribution in [3.63, 3.8) is 0 Å². The van der Waals surface area contributed by atoms with Gasteiger partial charge in [0.15, 0.2) is 5.11 Å². The summed E-state index contributed by atoms with van der Waals surface area (Å²) in [5.41, 5.74) is 2.70. The molecule has 0 atom stereocenters. The number of aryl methyl sites for hydroxylation is 1. The summed E-state index contributed by atoms with van der Waals surface area (Å²) in [5, 5.41) is 10.8. The van der Waals surface area contributed by atoms with Gasteiger partial charge in [-0.15, -0.1) is 10.2 Å². The third kappa shape index (κ3) is 3.56. The molecule has 2 rings (SSSR count). The second-order valence-corrected chi connectivity index (χ2v) is 5.13. The van der Waals surface area contributed by atoms with E-state index in [9.17, 15) is 9.18 Å². The van der Waals surface area contributed by atoms with E-state index in [4.69, 9.17) is 12.2 Å². The standard InChI is InChI=1S/C12H12FN5OS2/c1-7-15-16-12(21-2)18(7)17-11(20)14-10(19)8-5-3-4-6-9(8)13/h3-6H,1-2H3,(H2,14,17,19,20). The van der Waals surface area contributed by atoms with Crippen LogP contribution in [0.4, 0.5) is 4.39 Å². The Morgan fingerprint density at radius 2 is 2.10 bits per heavy atom. The van der Waals surface area contributed by atoms with Crippen LogP contribution in [0.2, 0.25) is 0 Å². The Balaban J connectivity index is 2.07.